The van der Waals surface area contributed by atoms with E-state index in [1.807, 2.05) is 49.4 Å². The van der Waals surface area contributed by atoms with Gasteiger partial charge in [0.2, 0.25) is 0 Å². The summed E-state index contributed by atoms with van der Waals surface area (Å²) in [4.78, 5) is 24.7. The highest BCUT2D eigenvalue weighted by atomic mass is 32.2. The molecular formula is C30H28N4O4S2. The number of benzene rings is 3. The molecule has 0 unspecified atom stereocenters. The summed E-state index contributed by atoms with van der Waals surface area (Å²) in [6.45, 7) is 4.66. The maximum absolute atomic E-state index is 13.9. The van der Waals surface area contributed by atoms with Crippen molar-refractivity contribution in [3.8, 4) is 5.75 Å². The highest BCUT2D eigenvalue weighted by Crippen LogP contribution is 2.35. The topological polar surface area (TPSA) is 92.7 Å². The number of carbonyl (C=O) groups is 1. The summed E-state index contributed by atoms with van der Waals surface area (Å²) in [5.74, 6) is 0.336. The van der Waals surface area contributed by atoms with Crippen LogP contribution in [0, 0.1) is 0 Å². The van der Waals surface area contributed by atoms with Crippen molar-refractivity contribution >= 4 is 48.3 Å². The molecule has 3 aromatic carbocycles. The molecule has 0 N–H and O–H groups in total. The number of sulfonamides is 1. The number of ether oxygens (including phenoxy) is 1. The predicted molar refractivity (Wildman–Crippen MR) is 159 cm³/mol. The maximum Gasteiger partial charge on any atom is 0.264 e. The average molecular weight is 573 g/mol. The number of pyridine rings is 1. The lowest BCUT2D eigenvalue weighted by molar-refractivity contribution is 0.0984. The van der Waals surface area contributed by atoms with Crippen molar-refractivity contribution in [1.82, 2.24) is 9.97 Å². The molecule has 1 amide bonds. The first kappa shape index (κ1) is 27.3. The van der Waals surface area contributed by atoms with Gasteiger partial charge in [-0.1, -0.05) is 41.7 Å². The third kappa shape index (κ3) is 5.54. The zero-order valence-electron chi connectivity index (χ0n) is 22.1. The van der Waals surface area contributed by atoms with Gasteiger partial charge in [-0.3, -0.25) is 19.0 Å². The second kappa shape index (κ2) is 11.8. The zero-order valence-corrected chi connectivity index (χ0v) is 23.7. The van der Waals surface area contributed by atoms with Crippen molar-refractivity contribution in [2.45, 2.75) is 25.3 Å². The molecule has 0 atom stereocenters. The van der Waals surface area contributed by atoms with Gasteiger partial charge in [-0.05, 0) is 74.5 Å². The van der Waals surface area contributed by atoms with Crippen molar-refractivity contribution in [1.29, 1.82) is 0 Å². The second-order valence-corrected chi connectivity index (χ2v) is 11.6. The van der Waals surface area contributed by atoms with E-state index >= 15 is 0 Å². The van der Waals surface area contributed by atoms with Crippen LogP contribution in [0.1, 0.15) is 29.9 Å². The first-order valence-electron chi connectivity index (χ1n) is 12.8. The first-order chi connectivity index (χ1) is 19.4. The van der Waals surface area contributed by atoms with Crippen molar-refractivity contribution in [2.75, 3.05) is 22.4 Å². The van der Waals surface area contributed by atoms with Gasteiger partial charge in [0.1, 0.15) is 11.3 Å². The van der Waals surface area contributed by atoms with Crippen molar-refractivity contribution in [3.05, 3.63) is 108 Å². The molecule has 204 valence electrons. The van der Waals surface area contributed by atoms with Crippen LogP contribution in [0.4, 0.5) is 10.8 Å². The Morgan fingerprint density at radius 2 is 1.65 bits per heavy atom. The molecule has 0 saturated heterocycles. The molecule has 40 heavy (non-hydrogen) atoms. The van der Waals surface area contributed by atoms with E-state index in [1.54, 1.807) is 54.4 Å². The fourth-order valence-electron chi connectivity index (χ4n) is 4.32. The largest absolute Gasteiger partial charge is 0.492 e. The summed E-state index contributed by atoms with van der Waals surface area (Å²) in [5, 5.41) is 0.496. The Balaban J connectivity index is 1.49. The molecule has 5 rings (SSSR count). The van der Waals surface area contributed by atoms with Gasteiger partial charge in [0, 0.05) is 18.3 Å². The lowest BCUT2D eigenvalue weighted by Crippen LogP contribution is -2.32. The summed E-state index contributed by atoms with van der Waals surface area (Å²) < 4.78 is 34.8. The van der Waals surface area contributed by atoms with Gasteiger partial charge in [0.25, 0.3) is 15.9 Å². The molecule has 0 aliphatic carbocycles. The number of anilines is 2. The number of amides is 1. The highest BCUT2D eigenvalue weighted by Gasteiger charge is 2.26. The van der Waals surface area contributed by atoms with Crippen molar-refractivity contribution < 1.29 is 17.9 Å². The Labute approximate surface area is 237 Å². The maximum atomic E-state index is 13.9. The quantitative estimate of drug-likeness (QED) is 0.199. The number of para-hydroxylation sites is 2. The molecule has 0 radical (unpaired) electrons. The number of carbonyl (C=O) groups excluding carboxylic acids is 1. The fraction of sp³-hybridized carbons (Fsp3) is 0.167. The lowest BCUT2D eigenvalue weighted by Gasteiger charge is -2.23. The van der Waals surface area contributed by atoms with Gasteiger partial charge in [-0.25, -0.2) is 13.4 Å². The number of nitrogens with zero attached hydrogens (tertiary/aromatic N) is 4. The van der Waals surface area contributed by atoms with Crippen LogP contribution in [0.15, 0.2) is 102 Å². The van der Waals surface area contributed by atoms with E-state index in [2.05, 4.69) is 4.98 Å². The molecule has 2 aromatic heterocycles. The number of aromatic nitrogens is 2. The summed E-state index contributed by atoms with van der Waals surface area (Å²) >= 11 is 1.38. The van der Waals surface area contributed by atoms with E-state index < -0.39 is 10.0 Å². The van der Waals surface area contributed by atoms with Crippen LogP contribution in [-0.2, 0) is 16.6 Å². The normalized spacial score (nSPS) is 11.3. The Bertz CT molecular complexity index is 1710. The van der Waals surface area contributed by atoms with Gasteiger partial charge in [0.15, 0.2) is 5.13 Å². The third-order valence-electron chi connectivity index (χ3n) is 6.21. The summed E-state index contributed by atoms with van der Waals surface area (Å²) in [6, 6.07) is 26.2. The van der Waals surface area contributed by atoms with E-state index in [-0.39, 0.29) is 23.9 Å². The van der Waals surface area contributed by atoms with Crippen molar-refractivity contribution in [3.63, 3.8) is 0 Å². The van der Waals surface area contributed by atoms with Crippen LogP contribution < -0.4 is 13.9 Å². The van der Waals surface area contributed by atoms with Crippen LogP contribution >= 0.6 is 11.3 Å². The smallest absolute Gasteiger partial charge is 0.264 e. The van der Waals surface area contributed by atoms with E-state index in [1.165, 1.54) is 27.8 Å². The standard InChI is InChI=1S/C30H28N4O4S2/c1-3-34(24-12-6-5-7-13-24)40(36,37)25-18-16-22(17-19-25)29(35)33(21-23-11-8-9-20-31-23)30-32-28-26(38-4-2)14-10-15-27(28)39-30/h5-20H,3-4,21H2,1-2H3. The van der Waals surface area contributed by atoms with Crippen LogP contribution in [0.2, 0.25) is 0 Å². The first-order valence-corrected chi connectivity index (χ1v) is 15.1. The molecular weight excluding hydrogens is 544 g/mol. The van der Waals surface area contributed by atoms with Crippen LogP contribution in [0.5, 0.6) is 5.75 Å². The highest BCUT2D eigenvalue weighted by molar-refractivity contribution is 7.92. The number of hydrogen-bond acceptors (Lipinski definition) is 7. The van der Waals surface area contributed by atoms with Crippen LogP contribution in [0.25, 0.3) is 10.2 Å². The minimum absolute atomic E-state index is 0.104. The molecule has 0 saturated carbocycles. The van der Waals surface area contributed by atoms with Gasteiger partial charge in [-0.2, -0.15) is 0 Å². The molecule has 8 nitrogen and oxygen atoms in total. The van der Waals surface area contributed by atoms with Crippen LogP contribution in [0.3, 0.4) is 0 Å². The van der Waals surface area contributed by atoms with E-state index in [9.17, 15) is 13.2 Å². The molecule has 0 spiro atoms. The SMILES string of the molecule is CCOc1cccc2sc(N(Cc3ccccn3)C(=O)c3ccc(S(=O)(=O)N(CC)c4ccccc4)cc3)nc12. The molecule has 0 aliphatic heterocycles. The van der Waals surface area contributed by atoms with Gasteiger partial charge >= 0.3 is 0 Å². The minimum Gasteiger partial charge on any atom is -0.492 e. The lowest BCUT2D eigenvalue weighted by atomic mass is 10.2. The number of hydrogen-bond donors (Lipinski definition) is 0. The predicted octanol–water partition coefficient (Wildman–Crippen LogP) is 6.15. The second-order valence-electron chi connectivity index (χ2n) is 8.77. The summed E-state index contributed by atoms with van der Waals surface area (Å²) in [6.07, 6.45) is 1.68. The Morgan fingerprint density at radius 3 is 2.33 bits per heavy atom. The third-order valence-corrected chi connectivity index (χ3v) is 9.17. The molecule has 0 fully saturated rings. The van der Waals surface area contributed by atoms with Crippen LogP contribution in [-0.4, -0.2) is 37.4 Å². The van der Waals surface area contributed by atoms with E-state index in [0.29, 0.717) is 39.9 Å². The Kier molecular flexibility index (Phi) is 8.09. The Hall–Kier alpha value is -4.28. The molecule has 10 heteroatoms. The summed E-state index contributed by atoms with van der Waals surface area (Å²) in [5.41, 5.74) is 2.29. The summed E-state index contributed by atoms with van der Waals surface area (Å²) in [7, 11) is -3.82. The molecule has 0 bridgehead atoms. The van der Waals surface area contributed by atoms with E-state index in [4.69, 9.17) is 9.72 Å². The average Bonchev–Trinajstić information content (AvgIpc) is 3.42. The van der Waals surface area contributed by atoms with Gasteiger partial charge < -0.3 is 4.74 Å². The van der Waals surface area contributed by atoms with Crippen molar-refractivity contribution in [2.24, 2.45) is 0 Å². The number of rotatable bonds is 10. The monoisotopic (exact) mass is 572 g/mol. The molecule has 5 aromatic rings. The van der Waals surface area contributed by atoms with Gasteiger partial charge in [0.05, 0.1) is 34.1 Å². The van der Waals surface area contributed by atoms with E-state index in [0.717, 1.165) is 4.70 Å². The fourth-order valence-corrected chi connectivity index (χ4v) is 6.77. The number of thiazole rings is 1. The Morgan fingerprint density at radius 1 is 0.900 bits per heavy atom. The van der Waals surface area contributed by atoms with Gasteiger partial charge in [-0.15, -0.1) is 0 Å². The zero-order chi connectivity index (χ0) is 28.1. The molecule has 2 heterocycles. The number of fused-ring (bicyclic) bond motifs is 1. The molecule has 0 aliphatic rings. The minimum atomic E-state index is -3.82.